The van der Waals surface area contributed by atoms with E-state index in [1.54, 1.807) is 0 Å². The Hall–Kier alpha value is -1.06. The standard InChI is InChI=1S/C16H24N2O/c1-2-17-9-8-16(14(11-17)12-19)18-10-7-13-5-3-4-6-15(13)18/h3-6,14,16,19H,2,7-12H2,1H3/t14-,16-/m0/s1. The first-order valence-corrected chi connectivity index (χ1v) is 7.51. The van der Waals surface area contributed by atoms with Gasteiger partial charge in [0.25, 0.3) is 0 Å². The van der Waals surface area contributed by atoms with Crippen LogP contribution in [0.2, 0.25) is 0 Å². The van der Waals surface area contributed by atoms with Gasteiger partial charge in [-0.2, -0.15) is 0 Å². The van der Waals surface area contributed by atoms with Crippen LogP contribution in [0.5, 0.6) is 0 Å². The first-order valence-electron chi connectivity index (χ1n) is 7.51. The lowest BCUT2D eigenvalue weighted by Gasteiger charge is -2.43. The van der Waals surface area contributed by atoms with Crippen molar-refractivity contribution in [3.63, 3.8) is 0 Å². The van der Waals surface area contributed by atoms with Gasteiger partial charge in [-0.05, 0) is 31.0 Å². The highest BCUT2D eigenvalue weighted by atomic mass is 16.3. The number of aliphatic hydroxyl groups excluding tert-OH is 1. The molecule has 2 atom stereocenters. The van der Waals surface area contributed by atoms with E-state index in [0.29, 0.717) is 18.6 Å². The molecule has 3 nitrogen and oxygen atoms in total. The van der Waals surface area contributed by atoms with E-state index in [1.165, 1.54) is 17.7 Å². The van der Waals surface area contributed by atoms with E-state index in [9.17, 15) is 5.11 Å². The van der Waals surface area contributed by atoms with Crippen molar-refractivity contribution in [3.05, 3.63) is 29.8 Å². The molecule has 0 radical (unpaired) electrons. The Bertz CT molecular complexity index is 435. The lowest BCUT2D eigenvalue weighted by molar-refractivity contribution is 0.104. The number of nitrogens with zero attached hydrogens (tertiary/aromatic N) is 2. The van der Waals surface area contributed by atoms with E-state index in [2.05, 4.69) is 41.0 Å². The fourth-order valence-electron chi connectivity index (χ4n) is 3.68. The van der Waals surface area contributed by atoms with E-state index in [4.69, 9.17) is 0 Å². The number of hydrogen-bond acceptors (Lipinski definition) is 3. The molecule has 2 aliphatic rings. The molecule has 19 heavy (non-hydrogen) atoms. The average molecular weight is 260 g/mol. The van der Waals surface area contributed by atoms with E-state index < -0.39 is 0 Å². The van der Waals surface area contributed by atoms with Gasteiger partial charge in [0.2, 0.25) is 0 Å². The van der Waals surface area contributed by atoms with Gasteiger partial charge in [0.1, 0.15) is 0 Å². The molecular formula is C16H24N2O. The van der Waals surface area contributed by atoms with Crippen LogP contribution in [0.25, 0.3) is 0 Å². The van der Waals surface area contributed by atoms with Crippen molar-refractivity contribution < 1.29 is 5.11 Å². The van der Waals surface area contributed by atoms with Crippen LogP contribution < -0.4 is 4.90 Å². The van der Waals surface area contributed by atoms with Crippen molar-refractivity contribution >= 4 is 5.69 Å². The summed E-state index contributed by atoms with van der Waals surface area (Å²) in [6.07, 6.45) is 2.33. The molecule has 0 amide bonds. The Morgan fingerprint density at radius 3 is 2.89 bits per heavy atom. The van der Waals surface area contributed by atoms with Gasteiger partial charge < -0.3 is 14.9 Å². The van der Waals surface area contributed by atoms with Crippen LogP contribution in [0.15, 0.2) is 24.3 Å². The molecule has 1 aromatic carbocycles. The minimum Gasteiger partial charge on any atom is -0.396 e. The smallest absolute Gasteiger partial charge is 0.0491 e. The number of anilines is 1. The molecule has 1 fully saturated rings. The monoisotopic (exact) mass is 260 g/mol. The van der Waals surface area contributed by atoms with E-state index >= 15 is 0 Å². The topological polar surface area (TPSA) is 26.7 Å². The van der Waals surface area contributed by atoms with Gasteiger partial charge in [-0.3, -0.25) is 0 Å². The predicted octanol–water partition coefficient (Wildman–Crippen LogP) is 1.75. The molecule has 3 heteroatoms. The second-order valence-electron chi connectivity index (χ2n) is 5.76. The molecule has 0 bridgehead atoms. The second kappa shape index (κ2) is 5.51. The summed E-state index contributed by atoms with van der Waals surface area (Å²) >= 11 is 0. The lowest BCUT2D eigenvalue weighted by Crippen LogP contribution is -2.52. The first kappa shape index (κ1) is 12.9. The molecule has 0 spiro atoms. The van der Waals surface area contributed by atoms with Gasteiger partial charge in [0.15, 0.2) is 0 Å². The van der Waals surface area contributed by atoms with Gasteiger partial charge in [-0.15, -0.1) is 0 Å². The van der Waals surface area contributed by atoms with Gasteiger partial charge in [-0.25, -0.2) is 0 Å². The van der Waals surface area contributed by atoms with Gasteiger partial charge >= 0.3 is 0 Å². The van der Waals surface area contributed by atoms with Crippen molar-refractivity contribution in [2.45, 2.75) is 25.8 Å². The Labute approximate surface area is 115 Å². The molecule has 3 rings (SSSR count). The zero-order chi connectivity index (χ0) is 13.2. The van der Waals surface area contributed by atoms with Crippen LogP contribution in [0, 0.1) is 5.92 Å². The number of hydrogen-bond donors (Lipinski definition) is 1. The minimum atomic E-state index is 0.305. The van der Waals surface area contributed by atoms with Crippen molar-refractivity contribution in [1.29, 1.82) is 0 Å². The SMILES string of the molecule is CCN1CC[C@H](N2CCc3ccccc32)[C@H](CO)C1. The van der Waals surface area contributed by atoms with E-state index in [-0.39, 0.29) is 0 Å². The number of benzene rings is 1. The molecule has 0 aromatic heterocycles. The summed E-state index contributed by atoms with van der Waals surface area (Å²) in [7, 11) is 0. The highest BCUT2D eigenvalue weighted by molar-refractivity contribution is 5.58. The predicted molar refractivity (Wildman–Crippen MR) is 78.6 cm³/mol. The maximum absolute atomic E-state index is 9.73. The highest BCUT2D eigenvalue weighted by Gasteiger charge is 2.35. The van der Waals surface area contributed by atoms with Crippen LogP contribution in [0.3, 0.4) is 0 Å². The van der Waals surface area contributed by atoms with Crippen molar-refractivity contribution in [1.82, 2.24) is 4.90 Å². The van der Waals surface area contributed by atoms with Crippen LogP contribution in [-0.2, 0) is 6.42 Å². The zero-order valence-electron chi connectivity index (χ0n) is 11.8. The van der Waals surface area contributed by atoms with Crippen molar-refractivity contribution in [2.24, 2.45) is 5.92 Å². The Kier molecular flexibility index (Phi) is 3.76. The quantitative estimate of drug-likeness (QED) is 0.897. The fourth-order valence-corrected chi connectivity index (χ4v) is 3.68. The maximum atomic E-state index is 9.73. The molecular weight excluding hydrogens is 236 g/mol. The minimum absolute atomic E-state index is 0.305. The highest BCUT2D eigenvalue weighted by Crippen LogP contribution is 2.34. The van der Waals surface area contributed by atoms with Crippen molar-refractivity contribution in [2.75, 3.05) is 37.7 Å². The van der Waals surface area contributed by atoms with Gasteiger partial charge in [0, 0.05) is 43.9 Å². The van der Waals surface area contributed by atoms with Crippen molar-refractivity contribution in [3.8, 4) is 0 Å². The third kappa shape index (κ3) is 2.37. The molecule has 0 aliphatic carbocycles. The average Bonchev–Trinajstić information content (AvgIpc) is 2.90. The summed E-state index contributed by atoms with van der Waals surface area (Å²) in [6, 6.07) is 9.25. The van der Waals surface area contributed by atoms with Crippen LogP contribution >= 0.6 is 0 Å². The normalized spacial score (nSPS) is 27.6. The summed E-state index contributed by atoms with van der Waals surface area (Å²) < 4.78 is 0. The second-order valence-corrected chi connectivity index (χ2v) is 5.76. The Morgan fingerprint density at radius 1 is 1.26 bits per heavy atom. The largest absolute Gasteiger partial charge is 0.396 e. The maximum Gasteiger partial charge on any atom is 0.0491 e. The van der Waals surface area contributed by atoms with Crippen LogP contribution in [0.1, 0.15) is 18.9 Å². The lowest BCUT2D eigenvalue weighted by atomic mass is 9.91. The van der Waals surface area contributed by atoms with E-state index in [0.717, 1.165) is 32.6 Å². The van der Waals surface area contributed by atoms with Gasteiger partial charge in [-0.1, -0.05) is 25.1 Å². The third-order valence-electron chi connectivity index (χ3n) is 4.78. The number of fused-ring (bicyclic) bond motifs is 1. The summed E-state index contributed by atoms with van der Waals surface area (Å²) in [5, 5.41) is 9.73. The molecule has 1 saturated heterocycles. The molecule has 0 saturated carbocycles. The molecule has 0 unspecified atom stereocenters. The number of para-hydroxylation sites is 1. The summed E-state index contributed by atoms with van der Waals surface area (Å²) in [6.45, 7) is 6.93. The molecule has 104 valence electrons. The summed E-state index contributed by atoms with van der Waals surface area (Å²) in [5.74, 6) is 0.389. The Balaban J connectivity index is 1.79. The number of likely N-dealkylation sites (tertiary alicyclic amines) is 1. The van der Waals surface area contributed by atoms with Crippen LogP contribution in [0.4, 0.5) is 5.69 Å². The molecule has 1 aromatic rings. The molecule has 2 heterocycles. The number of piperidine rings is 1. The molecule has 2 aliphatic heterocycles. The van der Waals surface area contributed by atoms with E-state index in [1.807, 2.05) is 0 Å². The Morgan fingerprint density at radius 2 is 2.11 bits per heavy atom. The third-order valence-corrected chi connectivity index (χ3v) is 4.78. The first-order chi connectivity index (χ1) is 9.33. The fraction of sp³-hybridized carbons (Fsp3) is 0.625. The zero-order valence-corrected chi connectivity index (χ0v) is 11.8. The molecule has 1 N–H and O–H groups in total. The number of aliphatic hydroxyl groups is 1. The summed E-state index contributed by atoms with van der Waals surface area (Å²) in [5.41, 5.74) is 2.87. The number of rotatable bonds is 3. The van der Waals surface area contributed by atoms with Crippen LogP contribution in [-0.4, -0.2) is 48.8 Å². The summed E-state index contributed by atoms with van der Waals surface area (Å²) in [4.78, 5) is 5.00. The van der Waals surface area contributed by atoms with Gasteiger partial charge in [0.05, 0.1) is 0 Å².